The second-order valence-corrected chi connectivity index (χ2v) is 6.05. The molecule has 2 aromatic rings. The normalized spacial score (nSPS) is 10.4. The summed E-state index contributed by atoms with van der Waals surface area (Å²) in [6.07, 6.45) is 3.03. The number of amides is 2. The minimum atomic E-state index is -0.421. The largest absolute Gasteiger partial charge is 0.495 e. The highest BCUT2D eigenvalue weighted by molar-refractivity contribution is 5.98. The molecule has 0 heterocycles. The third-order valence-electron chi connectivity index (χ3n) is 4.16. The number of ether oxygens (including phenoxy) is 2. The van der Waals surface area contributed by atoms with Crippen LogP contribution in [0.2, 0.25) is 0 Å². The van der Waals surface area contributed by atoms with Crippen LogP contribution in [-0.2, 0) is 14.3 Å². The van der Waals surface area contributed by atoms with E-state index in [4.69, 9.17) is 4.74 Å². The third-order valence-corrected chi connectivity index (χ3v) is 4.16. The monoisotopic (exact) mass is 396 g/mol. The van der Waals surface area contributed by atoms with Crippen LogP contribution in [0.15, 0.2) is 54.6 Å². The molecule has 0 aliphatic rings. The highest BCUT2D eigenvalue weighted by Gasteiger charge is 2.14. The van der Waals surface area contributed by atoms with Gasteiger partial charge in [-0.05, 0) is 42.8 Å². The van der Waals surface area contributed by atoms with Crippen molar-refractivity contribution in [2.24, 2.45) is 0 Å². The number of hydrogen-bond acceptors (Lipinski definition) is 5. The van der Waals surface area contributed by atoms with Crippen LogP contribution >= 0.6 is 0 Å². The number of methoxy groups -OCH3 is 2. The van der Waals surface area contributed by atoms with Crippen molar-refractivity contribution in [3.05, 3.63) is 65.7 Å². The van der Waals surface area contributed by atoms with Crippen molar-refractivity contribution in [1.82, 2.24) is 4.90 Å². The molecule has 0 atom stereocenters. The van der Waals surface area contributed by atoms with Gasteiger partial charge in [0.05, 0.1) is 25.5 Å². The molecule has 7 nitrogen and oxygen atoms in total. The molecule has 29 heavy (non-hydrogen) atoms. The fraction of sp³-hybridized carbons (Fsp3) is 0.227. The van der Waals surface area contributed by atoms with Gasteiger partial charge in [0.15, 0.2) is 0 Å². The smallest absolute Gasteiger partial charge is 0.337 e. The van der Waals surface area contributed by atoms with E-state index in [9.17, 15) is 14.4 Å². The summed E-state index contributed by atoms with van der Waals surface area (Å²) in [5.74, 6) is -0.486. The lowest BCUT2D eigenvalue weighted by Gasteiger charge is -2.19. The van der Waals surface area contributed by atoms with Crippen LogP contribution in [0.25, 0.3) is 6.08 Å². The van der Waals surface area contributed by atoms with Gasteiger partial charge < -0.3 is 19.7 Å². The topological polar surface area (TPSA) is 84.9 Å². The van der Waals surface area contributed by atoms with Crippen molar-refractivity contribution in [1.29, 1.82) is 0 Å². The van der Waals surface area contributed by atoms with Crippen LogP contribution < -0.4 is 10.1 Å². The Morgan fingerprint density at radius 3 is 2.34 bits per heavy atom. The van der Waals surface area contributed by atoms with Crippen LogP contribution in [0.3, 0.4) is 0 Å². The van der Waals surface area contributed by atoms with Gasteiger partial charge in [0, 0.05) is 12.6 Å². The minimum Gasteiger partial charge on any atom is -0.495 e. The maximum Gasteiger partial charge on any atom is 0.337 e. The number of esters is 1. The van der Waals surface area contributed by atoms with Gasteiger partial charge in [0.2, 0.25) is 11.8 Å². The minimum absolute atomic E-state index is 0.0843. The van der Waals surface area contributed by atoms with Crippen molar-refractivity contribution in [3.8, 4) is 5.75 Å². The molecule has 7 heteroatoms. The molecule has 2 rings (SSSR count). The first-order valence-electron chi connectivity index (χ1n) is 9.06. The highest BCUT2D eigenvalue weighted by atomic mass is 16.5. The Kier molecular flexibility index (Phi) is 7.97. The van der Waals surface area contributed by atoms with Gasteiger partial charge in [-0.1, -0.05) is 24.3 Å². The predicted octanol–water partition coefficient (Wildman–Crippen LogP) is 2.98. The number of rotatable bonds is 8. The van der Waals surface area contributed by atoms with Gasteiger partial charge >= 0.3 is 5.97 Å². The van der Waals surface area contributed by atoms with Gasteiger partial charge in [0.1, 0.15) is 12.3 Å². The number of nitrogens with one attached hydrogen (secondary N) is 1. The number of likely N-dealkylation sites (N-methyl/N-ethyl adjacent to an activating group) is 1. The average Bonchev–Trinajstić information content (AvgIpc) is 2.75. The van der Waals surface area contributed by atoms with Crippen molar-refractivity contribution < 1.29 is 23.9 Å². The molecule has 2 aromatic carbocycles. The molecule has 0 saturated heterocycles. The van der Waals surface area contributed by atoms with E-state index in [-0.39, 0.29) is 18.4 Å². The molecule has 152 valence electrons. The Bertz CT molecular complexity index is 890. The molecule has 0 aliphatic carbocycles. The number of carbonyl (C=O) groups is 3. The Morgan fingerprint density at radius 2 is 1.72 bits per heavy atom. The fourth-order valence-corrected chi connectivity index (χ4v) is 2.58. The summed E-state index contributed by atoms with van der Waals surface area (Å²) in [5, 5.41) is 2.75. The first-order valence-corrected chi connectivity index (χ1v) is 9.06. The Balaban J connectivity index is 1.98. The lowest BCUT2D eigenvalue weighted by molar-refractivity contribution is -0.130. The molecule has 0 aromatic heterocycles. The Morgan fingerprint density at radius 1 is 1.03 bits per heavy atom. The Labute approximate surface area is 169 Å². The molecule has 0 saturated carbocycles. The first kappa shape index (κ1) is 21.7. The van der Waals surface area contributed by atoms with Crippen LogP contribution in [0.5, 0.6) is 5.75 Å². The zero-order valence-electron chi connectivity index (χ0n) is 16.7. The van der Waals surface area contributed by atoms with Gasteiger partial charge in [-0.2, -0.15) is 0 Å². The van der Waals surface area contributed by atoms with E-state index in [1.54, 1.807) is 61.5 Å². The summed E-state index contributed by atoms with van der Waals surface area (Å²) < 4.78 is 9.86. The van der Waals surface area contributed by atoms with E-state index in [0.717, 1.165) is 5.56 Å². The SMILES string of the molecule is CCN(CC(=O)Nc1ccccc1OC)C(=O)/C=C/c1ccc(C(=O)OC)cc1. The van der Waals surface area contributed by atoms with Crippen LogP contribution in [0.1, 0.15) is 22.8 Å². The summed E-state index contributed by atoms with van der Waals surface area (Å²) in [6, 6.07) is 13.7. The molecule has 0 fully saturated rings. The van der Waals surface area contributed by atoms with Crippen LogP contribution in [-0.4, -0.2) is 50.0 Å². The molecule has 1 N–H and O–H groups in total. The van der Waals surface area contributed by atoms with E-state index in [1.165, 1.54) is 25.2 Å². The molecule has 0 unspecified atom stereocenters. The number of para-hydroxylation sites is 2. The number of nitrogens with zero attached hydrogens (tertiary/aromatic N) is 1. The van der Waals surface area contributed by atoms with E-state index in [0.29, 0.717) is 23.5 Å². The molecular weight excluding hydrogens is 372 g/mol. The van der Waals surface area contributed by atoms with Gasteiger partial charge in [-0.15, -0.1) is 0 Å². The summed E-state index contributed by atoms with van der Waals surface area (Å²) in [6.45, 7) is 2.09. The summed E-state index contributed by atoms with van der Waals surface area (Å²) in [7, 11) is 2.84. The maximum absolute atomic E-state index is 12.4. The van der Waals surface area contributed by atoms with Crippen LogP contribution in [0.4, 0.5) is 5.69 Å². The molecule has 0 aliphatic heterocycles. The molecule has 0 radical (unpaired) electrons. The van der Waals surface area contributed by atoms with Crippen molar-refractivity contribution in [3.63, 3.8) is 0 Å². The van der Waals surface area contributed by atoms with E-state index < -0.39 is 5.97 Å². The standard InChI is InChI=1S/C22H24N2O5/c1-4-24(15-20(25)23-18-7-5-6-8-19(18)28-2)21(26)14-11-16-9-12-17(13-10-16)22(27)29-3/h5-14H,4,15H2,1-3H3,(H,23,25)/b14-11+. The van der Waals surface area contributed by atoms with Gasteiger partial charge in [0.25, 0.3) is 0 Å². The van der Waals surface area contributed by atoms with E-state index >= 15 is 0 Å². The number of benzene rings is 2. The molecule has 0 bridgehead atoms. The summed E-state index contributed by atoms with van der Waals surface area (Å²) in [5.41, 5.74) is 1.73. The maximum atomic E-state index is 12.4. The van der Waals surface area contributed by atoms with Gasteiger partial charge in [-0.25, -0.2) is 4.79 Å². The van der Waals surface area contributed by atoms with E-state index in [2.05, 4.69) is 10.1 Å². The lowest BCUT2D eigenvalue weighted by Crippen LogP contribution is -2.36. The lowest BCUT2D eigenvalue weighted by atomic mass is 10.1. The second kappa shape index (κ2) is 10.7. The van der Waals surface area contributed by atoms with Crippen molar-refractivity contribution >= 4 is 29.5 Å². The fourth-order valence-electron chi connectivity index (χ4n) is 2.58. The Hall–Kier alpha value is -3.61. The first-order chi connectivity index (χ1) is 14.0. The second-order valence-electron chi connectivity index (χ2n) is 6.05. The van der Waals surface area contributed by atoms with E-state index in [1.807, 2.05) is 0 Å². The quantitative estimate of drug-likeness (QED) is 0.548. The zero-order chi connectivity index (χ0) is 21.2. The molecule has 2 amide bonds. The predicted molar refractivity (Wildman–Crippen MR) is 111 cm³/mol. The molecule has 0 spiro atoms. The average molecular weight is 396 g/mol. The number of anilines is 1. The van der Waals surface area contributed by atoms with Crippen LogP contribution in [0, 0.1) is 0 Å². The van der Waals surface area contributed by atoms with Crippen molar-refractivity contribution in [2.45, 2.75) is 6.92 Å². The van der Waals surface area contributed by atoms with Crippen molar-refractivity contribution in [2.75, 3.05) is 32.6 Å². The highest BCUT2D eigenvalue weighted by Crippen LogP contribution is 2.22. The number of carbonyl (C=O) groups excluding carboxylic acids is 3. The zero-order valence-corrected chi connectivity index (χ0v) is 16.7. The number of hydrogen-bond donors (Lipinski definition) is 1. The van der Waals surface area contributed by atoms with Gasteiger partial charge in [-0.3, -0.25) is 9.59 Å². The summed E-state index contributed by atoms with van der Waals surface area (Å²) >= 11 is 0. The third kappa shape index (κ3) is 6.21. The molecular formula is C22H24N2O5. The summed E-state index contributed by atoms with van der Waals surface area (Å²) in [4.78, 5) is 37.6.